The molecular formula is C24H27ClN4O2S. The maximum absolute atomic E-state index is 12.5. The van der Waals surface area contributed by atoms with Gasteiger partial charge >= 0.3 is 0 Å². The van der Waals surface area contributed by atoms with Crippen molar-refractivity contribution in [3.8, 4) is 16.3 Å². The van der Waals surface area contributed by atoms with Crippen molar-refractivity contribution in [1.29, 1.82) is 0 Å². The number of carbonyl (C=O) groups excluding carboxylic acids is 1. The van der Waals surface area contributed by atoms with Gasteiger partial charge < -0.3 is 15.0 Å². The summed E-state index contributed by atoms with van der Waals surface area (Å²) in [5.41, 5.74) is 3.67. The molecule has 32 heavy (non-hydrogen) atoms. The van der Waals surface area contributed by atoms with Crippen LogP contribution < -0.4 is 10.1 Å². The molecule has 0 aliphatic carbocycles. The molecule has 1 aromatic heterocycles. The molecule has 168 valence electrons. The van der Waals surface area contributed by atoms with E-state index in [1.54, 1.807) is 36.6 Å². The zero-order valence-electron chi connectivity index (χ0n) is 18.3. The minimum atomic E-state index is -0.162. The zero-order valence-corrected chi connectivity index (χ0v) is 19.9. The van der Waals surface area contributed by atoms with Gasteiger partial charge in [0.2, 0.25) is 5.91 Å². The smallest absolute Gasteiger partial charge is 0.230 e. The lowest BCUT2D eigenvalue weighted by molar-refractivity contribution is -0.115. The van der Waals surface area contributed by atoms with Gasteiger partial charge in [0.25, 0.3) is 0 Å². The van der Waals surface area contributed by atoms with Crippen LogP contribution in [0, 0.1) is 0 Å². The molecular weight excluding hydrogens is 444 g/mol. The van der Waals surface area contributed by atoms with E-state index in [0.717, 1.165) is 49.0 Å². The Bertz CT molecular complexity index is 1060. The molecule has 0 unspecified atom stereocenters. The van der Waals surface area contributed by atoms with Gasteiger partial charge in [0.1, 0.15) is 10.8 Å². The van der Waals surface area contributed by atoms with Crippen molar-refractivity contribution in [2.45, 2.75) is 13.0 Å². The first-order chi connectivity index (χ1) is 15.5. The summed E-state index contributed by atoms with van der Waals surface area (Å²) in [7, 11) is 3.73. The van der Waals surface area contributed by atoms with Crippen LogP contribution in [0.4, 0.5) is 5.69 Å². The summed E-state index contributed by atoms with van der Waals surface area (Å²) in [4.78, 5) is 22.0. The molecule has 1 aliphatic heterocycles. The Labute approximate surface area is 197 Å². The summed E-state index contributed by atoms with van der Waals surface area (Å²) in [6, 6.07) is 13.7. The average molecular weight is 471 g/mol. The minimum absolute atomic E-state index is 0.162. The Morgan fingerprint density at radius 2 is 1.91 bits per heavy atom. The minimum Gasteiger partial charge on any atom is -0.495 e. The summed E-state index contributed by atoms with van der Waals surface area (Å²) in [5.74, 6) is 0.406. The molecule has 3 aromatic rings. The predicted octanol–water partition coefficient (Wildman–Crippen LogP) is 4.40. The maximum atomic E-state index is 12.5. The zero-order chi connectivity index (χ0) is 22.5. The second kappa shape index (κ2) is 10.4. The van der Waals surface area contributed by atoms with E-state index in [4.69, 9.17) is 16.3 Å². The van der Waals surface area contributed by atoms with E-state index in [1.807, 2.05) is 5.38 Å². The van der Waals surface area contributed by atoms with Gasteiger partial charge in [0.05, 0.1) is 24.9 Å². The molecule has 0 radical (unpaired) electrons. The molecule has 0 atom stereocenters. The number of anilines is 1. The lowest BCUT2D eigenvalue weighted by atomic mass is 10.1. The lowest BCUT2D eigenvalue weighted by Gasteiger charge is -2.32. The van der Waals surface area contributed by atoms with Gasteiger partial charge in [0.15, 0.2) is 0 Å². The fourth-order valence-corrected chi connectivity index (χ4v) is 4.67. The number of rotatable bonds is 7. The number of amides is 1. The molecule has 1 amide bonds. The van der Waals surface area contributed by atoms with Gasteiger partial charge in [-0.1, -0.05) is 35.9 Å². The fraction of sp³-hybridized carbons (Fsp3) is 0.333. The van der Waals surface area contributed by atoms with Crippen molar-refractivity contribution in [3.05, 3.63) is 64.1 Å². The molecule has 2 heterocycles. The second-order valence-electron chi connectivity index (χ2n) is 7.99. The van der Waals surface area contributed by atoms with Crippen LogP contribution in [-0.4, -0.2) is 61.0 Å². The number of carbonyl (C=O) groups is 1. The van der Waals surface area contributed by atoms with Gasteiger partial charge in [-0.15, -0.1) is 11.3 Å². The Morgan fingerprint density at radius 3 is 2.62 bits per heavy atom. The van der Waals surface area contributed by atoms with Gasteiger partial charge in [-0.3, -0.25) is 9.69 Å². The van der Waals surface area contributed by atoms with Crippen molar-refractivity contribution >= 4 is 34.5 Å². The quantitative estimate of drug-likeness (QED) is 0.554. The van der Waals surface area contributed by atoms with Crippen LogP contribution in [0.3, 0.4) is 0 Å². The van der Waals surface area contributed by atoms with Crippen LogP contribution in [0.25, 0.3) is 10.6 Å². The molecule has 1 fully saturated rings. The first-order valence-corrected chi connectivity index (χ1v) is 11.8. The third kappa shape index (κ3) is 5.86. The Morgan fingerprint density at radius 1 is 1.16 bits per heavy atom. The number of nitrogens with zero attached hydrogens (tertiary/aromatic N) is 3. The molecule has 4 rings (SSSR count). The third-order valence-corrected chi connectivity index (χ3v) is 6.71. The molecule has 1 N–H and O–H groups in total. The van der Waals surface area contributed by atoms with E-state index in [0.29, 0.717) is 16.5 Å². The molecule has 1 aliphatic rings. The normalized spacial score (nSPS) is 15.0. The summed E-state index contributed by atoms with van der Waals surface area (Å²) >= 11 is 7.59. The van der Waals surface area contributed by atoms with Crippen LogP contribution in [0.2, 0.25) is 5.02 Å². The number of aromatic nitrogens is 1. The second-order valence-corrected chi connectivity index (χ2v) is 9.28. The highest BCUT2D eigenvalue weighted by Gasteiger charge is 2.15. The van der Waals surface area contributed by atoms with Crippen LogP contribution in [-0.2, 0) is 17.8 Å². The number of thiazole rings is 1. The molecule has 0 saturated carbocycles. The van der Waals surface area contributed by atoms with Gasteiger partial charge in [0, 0.05) is 48.7 Å². The van der Waals surface area contributed by atoms with Crippen LogP contribution in [0.1, 0.15) is 11.3 Å². The molecule has 1 saturated heterocycles. The highest BCUT2D eigenvalue weighted by Crippen LogP contribution is 2.28. The molecule has 0 spiro atoms. The first kappa shape index (κ1) is 22.7. The summed E-state index contributed by atoms with van der Waals surface area (Å²) in [6.45, 7) is 5.44. The van der Waals surface area contributed by atoms with E-state index in [-0.39, 0.29) is 12.3 Å². The highest BCUT2D eigenvalue weighted by atomic mass is 35.5. The van der Waals surface area contributed by atoms with E-state index >= 15 is 0 Å². The fourth-order valence-electron chi connectivity index (χ4n) is 3.67. The number of hydrogen-bond acceptors (Lipinski definition) is 6. The Hall–Kier alpha value is -2.45. The SMILES string of the molecule is COc1ccc(Cl)cc1NC(=O)Cc1csc(-c2ccc(CN3CCN(C)CC3)cc2)n1. The lowest BCUT2D eigenvalue weighted by Crippen LogP contribution is -2.43. The van der Waals surface area contributed by atoms with Crippen molar-refractivity contribution < 1.29 is 9.53 Å². The number of ether oxygens (including phenoxy) is 1. The van der Waals surface area contributed by atoms with Gasteiger partial charge in [-0.25, -0.2) is 4.98 Å². The third-order valence-electron chi connectivity index (χ3n) is 5.53. The van der Waals surface area contributed by atoms with Crippen LogP contribution in [0.15, 0.2) is 47.8 Å². The molecule has 0 bridgehead atoms. The molecule has 6 nitrogen and oxygen atoms in total. The number of piperazine rings is 1. The van der Waals surface area contributed by atoms with E-state index in [9.17, 15) is 4.79 Å². The number of nitrogens with one attached hydrogen (secondary N) is 1. The monoisotopic (exact) mass is 470 g/mol. The highest BCUT2D eigenvalue weighted by molar-refractivity contribution is 7.13. The predicted molar refractivity (Wildman–Crippen MR) is 131 cm³/mol. The number of methoxy groups -OCH3 is 1. The number of hydrogen-bond donors (Lipinski definition) is 1. The number of likely N-dealkylation sites (N-methyl/N-ethyl adjacent to an activating group) is 1. The summed E-state index contributed by atoms with van der Waals surface area (Å²) < 4.78 is 5.28. The molecule has 8 heteroatoms. The number of halogens is 1. The van der Waals surface area contributed by atoms with E-state index in [1.165, 1.54) is 5.56 Å². The first-order valence-electron chi connectivity index (χ1n) is 10.6. The van der Waals surface area contributed by atoms with Gasteiger partial charge in [-0.05, 0) is 30.8 Å². The van der Waals surface area contributed by atoms with Crippen LogP contribution >= 0.6 is 22.9 Å². The van der Waals surface area contributed by atoms with Crippen molar-refractivity contribution in [3.63, 3.8) is 0 Å². The topological polar surface area (TPSA) is 57.7 Å². The van der Waals surface area contributed by atoms with Crippen molar-refractivity contribution in [2.24, 2.45) is 0 Å². The molecule has 2 aromatic carbocycles. The summed E-state index contributed by atoms with van der Waals surface area (Å²) in [5, 5.41) is 6.24. The maximum Gasteiger partial charge on any atom is 0.230 e. The van der Waals surface area contributed by atoms with E-state index in [2.05, 4.69) is 51.4 Å². The van der Waals surface area contributed by atoms with Crippen molar-refractivity contribution in [2.75, 3.05) is 45.7 Å². The summed E-state index contributed by atoms with van der Waals surface area (Å²) in [6.07, 6.45) is 0.188. The van der Waals surface area contributed by atoms with E-state index < -0.39 is 0 Å². The standard InChI is InChI=1S/C24H27ClN4O2S/c1-28-9-11-29(12-10-28)15-17-3-5-18(6-4-17)24-26-20(16-32-24)14-23(30)27-21-13-19(25)7-8-22(21)31-2/h3-8,13,16H,9-12,14-15H2,1-2H3,(H,27,30). The average Bonchev–Trinajstić information content (AvgIpc) is 3.24. The largest absolute Gasteiger partial charge is 0.495 e. The number of benzene rings is 2. The Kier molecular flexibility index (Phi) is 7.42. The van der Waals surface area contributed by atoms with Gasteiger partial charge in [-0.2, -0.15) is 0 Å². The van der Waals surface area contributed by atoms with Crippen molar-refractivity contribution in [1.82, 2.24) is 14.8 Å². The Balaban J connectivity index is 1.35. The van der Waals surface area contributed by atoms with Crippen LogP contribution in [0.5, 0.6) is 5.75 Å².